The van der Waals surface area contributed by atoms with E-state index in [2.05, 4.69) is 23.4 Å². The average molecular weight is 278 g/mol. The highest BCUT2D eigenvalue weighted by Crippen LogP contribution is 2.28. The number of fused-ring (bicyclic) bond motifs is 1. The zero-order chi connectivity index (χ0) is 14.1. The van der Waals surface area contributed by atoms with Crippen molar-refractivity contribution in [2.75, 3.05) is 19.7 Å². The molecule has 1 N–H and O–H groups in total. The first-order valence-electron chi connectivity index (χ1n) is 7.96. The van der Waals surface area contributed by atoms with E-state index >= 15 is 0 Å². The van der Waals surface area contributed by atoms with Crippen molar-refractivity contribution in [2.24, 2.45) is 5.92 Å². The summed E-state index contributed by atoms with van der Waals surface area (Å²) in [7, 11) is 0. The van der Waals surface area contributed by atoms with Gasteiger partial charge in [-0.2, -0.15) is 5.10 Å². The van der Waals surface area contributed by atoms with Crippen molar-refractivity contribution in [1.29, 1.82) is 0 Å². The zero-order valence-electron chi connectivity index (χ0n) is 12.6. The number of hydrogen-bond donors (Lipinski definition) is 1. The Bertz CT molecular complexity index is 449. The number of nitrogens with zero attached hydrogens (tertiary/aromatic N) is 4. The molecule has 1 saturated heterocycles. The first-order chi connectivity index (χ1) is 9.67. The van der Waals surface area contributed by atoms with Crippen LogP contribution in [0, 0.1) is 5.92 Å². The van der Waals surface area contributed by atoms with Crippen LogP contribution in [0.5, 0.6) is 0 Å². The molecule has 1 fully saturated rings. The van der Waals surface area contributed by atoms with Crippen molar-refractivity contribution in [1.82, 2.24) is 19.7 Å². The van der Waals surface area contributed by atoms with E-state index in [9.17, 15) is 5.11 Å². The fraction of sp³-hybridized carbons (Fsp3) is 0.867. The molecule has 0 amide bonds. The molecule has 0 aliphatic carbocycles. The van der Waals surface area contributed by atoms with Gasteiger partial charge in [-0.3, -0.25) is 0 Å². The van der Waals surface area contributed by atoms with Gasteiger partial charge in [0.25, 0.3) is 0 Å². The Morgan fingerprint density at radius 2 is 1.95 bits per heavy atom. The molecule has 2 aliphatic rings. The van der Waals surface area contributed by atoms with Crippen LogP contribution in [0.3, 0.4) is 0 Å². The van der Waals surface area contributed by atoms with Crippen LogP contribution < -0.4 is 0 Å². The maximum atomic E-state index is 9.29. The fourth-order valence-corrected chi connectivity index (χ4v) is 3.39. The molecule has 0 aromatic carbocycles. The molecule has 5 nitrogen and oxygen atoms in total. The van der Waals surface area contributed by atoms with Gasteiger partial charge in [0, 0.05) is 31.5 Å². The monoisotopic (exact) mass is 278 g/mol. The summed E-state index contributed by atoms with van der Waals surface area (Å²) in [6.07, 6.45) is 4.25. The molecule has 1 atom stereocenters. The molecule has 0 radical (unpaired) electrons. The van der Waals surface area contributed by atoms with Crippen LogP contribution in [0.25, 0.3) is 0 Å². The van der Waals surface area contributed by atoms with Crippen molar-refractivity contribution in [3.8, 4) is 0 Å². The lowest BCUT2D eigenvalue weighted by molar-refractivity contribution is 0.169. The van der Waals surface area contributed by atoms with Crippen LogP contribution in [0.4, 0.5) is 0 Å². The van der Waals surface area contributed by atoms with E-state index in [-0.39, 0.29) is 6.61 Å². The molecule has 0 bridgehead atoms. The van der Waals surface area contributed by atoms with Gasteiger partial charge in [-0.05, 0) is 52.1 Å². The third-order valence-electron chi connectivity index (χ3n) is 4.87. The van der Waals surface area contributed by atoms with Crippen molar-refractivity contribution in [3.05, 3.63) is 11.6 Å². The number of rotatable bonds is 3. The molecular formula is C15H26N4O. The molecule has 0 saturated carbocycles. The summed E-state index contributed by atoms with van der Waals surface area (Å²) >= 11 is 0. The molecule has 0 spiro atoms. The average Bonchev–Trinajstić information content (AvgIpc) is 2.90. The third-order valence-corrected chi connectivity index (χ3v) is 4.87. The van der Waals surface area contributed by atoms with E-state index in [1.165, 1.54) is 12.8 Å². The van der Waals surface area contributed by atoms with E-state index in [0.29, 0.717) is 17.9 Å². The second-order valence-corrected chi connectivity index (χ2v) is 6.55. The van der Waals surface area contributed by atoms with Gasteiger partial charge in [0.2, 0.25) is 0 Å². The highest BCUT2D eigenvalue weighted by atomic mass is 16.3. The normalized spacial score (nSPS) is 25.1. The Labute approximate surface area is 121 Å². The Morgan fingerprint density at radius 1 is 1.20 bits per heavy atom. The van der Waals surface area contributed by atoms with Crippen LogP contribution in [-0.2, 0) is 13.0 Å². The van der Waals surface area contributed by atoms with E-state index in [0.717, 1.165) is 44.1 Å². The van der Waals surface area contributed by atoms with Crippen LogP contribution in [0.15, 0.2) is 0 Å². The standard InChI is InChI=1S/C15H26N4O/c1-11(2)18-6-4-13(5-7-18)15-16-14-9-12(10-20)3-8-19(14)17-15/h11-13,20H,3-10H2,1-2H3. The summed E-state index contributed by atoms with van der Waals surface area (Å²) in [5.74, 6) is 3.02. The van der Waals surface area contributed by atoms with Gasteiger partial charge in [-0.25, -0.2) is 9.67 Å². The summed E-state index contributed by atoms with van der Waals surface area (Å²) in [5.41, 5.74) is 0. The number of piperidine rings is 1. The minimum atomic E-state index is 0.273. The maximum absolute atomic E-state index is 9.29. The van der Waals surface area contributed by atoms with Crippen molar-refractivity contribution < 1.29 is 5.11 Å². The second kappa shape index (κ2) is 5.82. The molecule has 5 heteroatoms. The second-order valence-electron chi connectivity index (χ2n) is 6.55. The van der Waals surface area contributed by atoms with Crippen LogP contribution in [0.1, 0.15) is 50.7 Å². The number of aryl methyl sites for hydroxylation is 1. The molecule has 3 rings (SSSR count). The molecule has 112 valence electrons. The summed E-state index contributed by atoms with van der Waals surface area (Å²) < 4.78 is 2.07. The molecule has 2 aliphatic heterocycles. The lowest BCUT2D eigenvalue weighted by Crippen LogP contribution is -2.38. The van der Waals surface area contributed by atoms with Gasteiger partial charge in [0.1, 0.15) is 5.82 Å². The highest BCUT2D eigenvalue weighted by molar-refractivity contribution is 5.04. The molecule has 3 heterocycles. The number of aliphatic hydroxyl groups is 1. The summed E-state index contributed by atoms with van der Waals surface area (Å²) in [4.78, 5) is 7.30. The van der Waals surface area contributed by atoms with Gasteiger partial charge in [0.15, 0.2) is 5.82 Å². The predicted molar refractivity (Wildman–Crippen MR) is 77.6 cm³/mol. The van der Waals surface area contributed by atoms with Crippen LogP contribution in [0.2, 0.25) is 0 Å². The lowest BCUT2D eigenvalue weighted by Gasteiger charge is -2.33. The Balaban J connectivity index is 1.66. The summed E-state index contributed by atoms with van der Waals surface area (Å²) in [5, 5.41) is 14.0. The Hall–Kier alpha value is -0.940. The van der Waals surface area contributed by atoms with E-state index < -0.39 is 0 Å². The van der Waals surface area contributed by atoms with E-state index in [4.69, 9.17) is 10.1 Å². The lowest BCUT2D eigenvalue weighted by atomic mass is 9.95. The van der Waals surface area contributed by atoms with Gasteiger partial charge in [-0.15, -0.1) is 0 Å². The molecule has 1 aromatic heterocycles. The SMILES string of the molecule is CC(C)N1CCC(c2nc3n(n2)CCC(CO)C3)CC1. The minimum absolute atomic E-state index is 0.273. The minimum Gasteiger partial charge on any atom is -0.396 e. The summed E-state index contributed by atoms with van der Waals surface area (Å²) in [6, 6.07) is 0.643. The quantitative estimate of drug-likeness (QED) is 0.908. The predicted octanol–water partition coefficient (Wildman–Crippen LogP) is 1.42. The molecular weight excluding hydrogens is 252 g/mol. The topological polar surface area (TPSA) is 54.2 Å². The first kappa shape index (κ1) is 14.0. The molecule has 1 unspecified atom stereocenters. The van der Waals surface area contributed by atoms with Crippen LogP contribution in [-0.4, -0.2) is 50.5 Å². The maximum Gasteiger partial charge on any atom is 0.154 e. The molecule has 20 heavy (non-hydrogen) atoms. The number of hydrogen-bond acceptors (Lipinski definition) is 4. The van der Waals surface area contributed by atoms with Crippen molar-refractivity contribution in [2.45, 2.75) is 58.0 Å². The van der Waals surface area contributed by atoms with Crippen molar-refractivity contribution in [3.63, 3.8) is 0 Å². The van der Waals surface area contributed by atoms with E-state index in [1.807, 2.05) is 0 Å². The fourth-order valence-electron chi connectivity index (χ4n) is 3.39. The van der Waals surface area contributed by atoms with Gasteiger partial charge >= 0.3 is 0 Å². The van der Waals surface area contributed by atoms with Gasteiger partial charge in [0.05, 0.1) is 0 Å². The van der Waals surface area contributed by atoms with Gasteiger partial charge < -0.3 is 10.0 Å². The third kappa shape index (κ3) is 2.74. The number of aliphatic hydroxyl groups excluding tert-OH is 1. The number of likely N-dealkylation sites (tertiary alicyclic amines) is 1. The van der Waals surface area contributed by atoms with Crippen LogP contribution >= 0.6 is 0 Å². The van der Waals surface area contributed by atoms with Gasteiger partial charge in [-0.1, -0.05) is 0 Å². The van der Waals surface area contributed by atoms with E-state index in [1.54, 1.807) is 0 Å². The first-order valence-corrected chi connectivity index (χ1v) is 7.96. The summed E-state index contributed by atoms with van der Waals surface area (Å²) in [6.45, 7) is 8.04. The Kier molecular flexibility index (Phi) is 4.08. The van der Waals surface area contributed by atoms with Crippen molar-refractivity contribution >= 4 is 0 Å². The Morgan fingerprint density at radius 3 is 2.60 bits per heavy atom. The smallest absolute Gasteiger partial charge is 0.154 e. The number of aromatic nitrogens is 3. The largest absolute Gasteiger partial charge is 0.396 e. The molecule has 1 aromatic rings. The zero-order valence-corrected chi connectivity index (χ0v) is 12.6. The highest BCUT2D eigenvalue weighted by Gasteiger charge is 2.27.